The number of rotatable bonds is 3. The molecule has 1 aliphatic heterocycles. The number of hydrogen-bond acceptors (Lipinski definition) is 5. The van der Waals surface area contributed by atoms with E-state index in [1.54, 1.807) is 18.5 Å². The molecule has 5 nitrogen and oxygen atoms in total. The first-order valence-electron chi connectivity index (χ1n) is 8.16. The Morgan fingerprint density at radius 3 is 2.77 bits per heavy atom. The molecule has 3 aromatic rings. The van der Waals surface area contributed by atoms with Crippen molar-refractivity contribution in [1.82, 2.24) is 4.98 Å². The molecule has 1 N–H and O–H groups in total. The van der Waals surface area contributed by atoms with Crippen LogP contribution < -0.4 is 5.32 Å². The minimum Gasteiger partial charge on any atom is -0.473 e. The fraction of sp³-hybridized carbons (Fsp3) is 0.263. The van der Waals surface area contributed by atoms with Gasteiger partial charge in [0.1, 0.15) is 18.1 Å². The number of halogens is 2. The number of aryl methyl sites for hydroxylation is 1. The fourth-order valence-electron chi connectivity index (χ4n) is 2.81. The van der Waals surface area contributed by atoms with Gasteiger partial charge in [0.15, 0.2) is 5.58 Å². The highest BCUT2D eigenvalue weighted by Gasteiger charge is 2.32. The molecule has 0 unspecified atom stereocenters. The summed E-state index contributed by atoms with van der Waals surface area (Å²) in [6.45, 7) is 6.26. The van der Waals surface area contributed by atoms with Crippen LogP contribution in [0.5, 0.6) is 0 Å². The summed E-state index contributed by atoms with van der Waals surface area (Å²) < 4.78 is 26.8. The number of ether oxygens (including phenoxy) is 1. The van der Waals surface area contributed by atoms with Crippen LogP contribution in [0.3, 0.4) is 0 Å². The van der Waals surface area contributed by atoms with Crippen LogP contribution in [0.2, 0.25) is 0 Å². The van der Waals surface area contributed by atoms with E-state index in [9.17, 15) is 4.39 Å². The lowest BCUT2D eigenvalue weighted by Gasteiger charge is -2.09. The van der Waals surface area contributed by atoms with Crippen molar-refractivity contribution in [1.29, 1.82) is 0 Å². The SMILES string of the molecule is Cc1ccc(Nc2c(C3=NC(C)(C)CO3)oc3c(Br)cncc23)c(F)c1. The average molecular weight is 418 g/mol. The highest BCUT2D eigenvalue weighted by atomic mass is 79.9. The number of fused-ring (bicyclic) bond motifs is 1. The van der Waals surface area contributed by atoms with Crippen molar-refractivity contribution in [2.45, 2.75) is 26.3 Å². The number of aromatic nitrogens is 1. The lowest BCUT2D eigenvalue weighted by Crippen LogP contribution is -2.17. The van der Waals surface area contributed by atoms with Gasteiger partial charge in [-0.1, -0.05) is 6.07 Å². The van der Waals surface area contributed by atoms with Gasteiger partial charge in [-0.3, -0.25) is 4.98 Å². The van der Waals surface area contributed by atoms with E-state index in [4.69, 9.17) is 9.15 Å². The van der Waals surface area contributed by atoms with Crippen molar-refractivity contribution >= 4 is 44.2 Å². The van der Waals surface area contributed by atoms with Gasteiger partial charge >= 0.3 is 0 Å². The molecule has 3 heterocycles. The predicted molar refractivity (Wildman–Crippen MR) is 103 cm³/mol. The molecule has 0 amide bonds. The van der Waals surface area contributed by atoms with Gasteiger partial charge in [0.25, 0.3) is 5.90 Å². The molecular formula is C19H17BrFN3O2. The molecule has 26 heavy (non-hydrogen) atoms. The summed E-state index contributed by atoms with van der Waals surface area (Å²) in [6.07, 6.45) is 3.31. The summed E-state index contributed by atoms with van der Waals surface area (Å²) in [5, 5.41) is 3.85. The van der Waals surface area contributed by atoms with Gasteiger partial charge in [0.05, 0.1) is 21.1 Å². The van der Waals surface area contributed by atoms with Gasteiger partial charge in [-0.15, -0.1) is 0 Å². The maximum Gasteiger partial charge on any atom is 0.256 e. The number of aliphatic imine (C=N–C) groups is 1. The number of hydrogen-bond donors (Lipinski definition) is 1. The smallest absolute Gasteiger partial charge is 0.256 e. The van der Waals surface area contributed by atoms with Gasteiger partial charge in [-0.2, -0.15) is 0 Å². The van der Waals surface area contributed by atoms with E-state index in [0.29, 0.717) is 45.1 Å². The average Bonchev–Trinajstić information content (AvgIpc) is 3.11. The largest absolute Gasteiger partial charge is 0.473 e. The molecule has 4 rings (SSSR count). The Morgan fingerprint density at radius 1 is 1.27 bits per heavy atom. The van der Waals surface area contributed by atoms with E-state index < -0.39 is 0 Å². The minimum absolute atomic E-state index is 0.337. The van der Waals surface area contributed by atoms with Crippen molar-refractivity contribution in [3.63, 3.8) is 0 Å². The Morgan fingerprint density at radius 2 is 2.08 bits per heavy atom. The second kappa shape index (κ2) is 6.09. The lowest BCUT2D eigenvalue weighted by atomic mass is 10.1. The first kappa shape index (κ1) is 17.0. The first-order chi connectivity index (χ1) is 12.3. The van der Waals surface area contributed by atoms with Gasteiger partial charge in [-0.25, -0.2) is 9.38 Å². The van der Waals surface area contributed by atoms with E-state index in [1.807, 2.05) is 26.8 Å². The van der Waals surface area contributed by atoms with Gasteiger partial charge < -0.3 is 14.5 Å². The second-order valence-electron chi connectivity index (χ2n) is 6.93. The maximum atomic E-state index is 14.4. The maximum absolute atomic E-state index is 14.4. The van der Waals surface area contributed by atoms with E-state index >= 15 is 0 Å². The van der Waals surface area contributed by atoms with Crippen molar-refractivity contribution in [2.75, 3.05) is 11.9 Å². The monoisotopic (exact) mass is 417 g/mol. The van der Waals surface area contributed by atoms with Crippen LogP contribution in [-0.2, 0) is 4.74 Å². The lowest BCUT2D eigenvalue weighted by molar-refractivity contribution is 0.276. The molecule has 0 fully saturated rings. The standard InChI is InChI=1S/C19H17BrFN3O2/c1-10-4-5-14(13(21)6-10)23-15-11-7-22-8-12(20)16(11)26-17(15)18-24-19(2,3)9-25-18/h4-8,23H,9H2,1-3H3. The van der Waals surface area contributed by atoms with Crippen LogP contribution in [0.4, 0.5) is 15.8 Å². The predicted octanol–water partition coefficient (Wildman–Crippen LogP) is 5.34. The summed E-state index contributed by atoms with van der Waals surface area (Å²) in [6, 6.07) is 5.01. The summed E-state index contributed by atoms with van der Waals surface area (Å²) in [5.74, 6) is 0.482. The Bertz CT molecular complexity index is 1040. The molecule has 1 aromatic carbocycles. The highest BCUT2D eigenvalue weighted by Crippen LogP contribution is 2.38. The van der Waals surface area contributed by atoms with E-state index in [-0.39, 0.29) is 11.4 Å². The van der Waals surface area contributed by atoms with E-state index in [0.717, 1.165) is 5.56 Å². The third-order valence-electron chi connectivity index (χ3n) is 4.10. The van der Waals surface area contributed by atoms with Crippen LogP contribution >= 0.6 is 15.9 Å². The van der Waals surface area contributed by atoms with Crippen LogP contribution in [0.25, 0.3) is 11.0 Å². The fourth-order valence-corrected chi connectivity index (χ4v) is 3.22. The minimum atomic E-state index is -0.345. The van der Waals surface area contributed by atoms with Gasteiger partial charge in [-0.05, 0) is 54.4 Å². The molecule has 0 saturated carbocycles. The van der Waals surface area contributed by atoms with Crippen LogP contribution in [0.1, 0.15) is 25.2 Å². The van der Waals surface area contributed by atoms with E-state index in [2.05, 4.69) is 31.2 Å². The quantitative estimate of drug-likeness (QED) is 0.624. The Balaban J connectivity index is 1.89. The molecule has 7 heteroatoms. The number of pyridine rings is 1. The van der Waals surface area contributed by atoms with Crippen LogP contribution in [0, 0.1) is 12.7 Å². The molecule has 0 bridgehead atoms. The molecule has 0 aliphatic carbocycles. The first-order valence-corrected chi connectivity index (χ1v) is 8.95. The van der Waals surface area contributed by atoms with Gasteiger partial charge in [0.2, 0.25) is 5.76 Å². The van der Waals surface area contributed by atoms with Crippen LogP contribution in [-0.4, -0.2) is 23.0 Å². The Labute approximate surface area is 158 Å². The number of nitrogens with one attached hydrogen (secondary N) is 1. The van der Waals surface area contributed by atoms with Crippen molar-refractivity contribution in [2.24, 2.45) is 4.99 Å². The molecule has 2 aromatic heterocycles. The van der Waals surface area contributed by atoms with Crippen molar-refractivity contribution in [3.8, 4) is 0 Å². The molecule has 134 valence electrons. The third kappa shape index (κ3) is 2.96. The highest BCUT2D eigenvalue weighted by molar-refractivity contribution is 9.10. The molecule has 0 atom stereocenters. The zero-order chi connectivity index (χ0) is 18.5. The Kier molecular flexibility index (Phi) is 3.99. The number of benzene rings is 1. The van der Waals surface area contributed by atoms with Crippen LogP contribution in [0.15, 0.2) is 44.5 Å². The van der Waals surface area contributed by atoms with Gasteiger partial charge in [0, 0.05) is 12.4 Å². The summed E-state index contributed by atoms with van der Waals surface area (Å²) in [5.41, 5.74) is 2.03. The normalized spacial score (nSPS) is 15.8. The molecule has 0 saturated heterocycles. The van der Waals surface area contributed by atoms with Crippen molar-refractivity contribution < 1.29 is 13.5 Å². The summed E-state index contributed by atoms with van der Waals surface area (Å²) in [7, 11) is 0. The number of furan rings is 1. The number of nitrogens with zero attached hydrogens (tertiary/aromatic N) is 2. The molecule has 1 aliphatic rings. The second-order valence-corrected chi connectivity index (χ2v) is 7.78. The summed E-state index contributed by atoms with van der Waals surface area (Å²) >= 11 is 3.45. The third-order valence-corrected chi connectivity index (χ3v) is 4.66. The molecule has 0 radical (unpaired) electrons. The summed E-state index contributed by atoms with van der Waals surface area (Å²) in [4.78, 5) is 8.78. The number of anilines is 2. The topological polar surface area (TPSA) is 59.7 Å². The zero-order valence-electron chi connectivity index (χ0n) is 14.6. The van der Waals surface area contributed by atoms with E-state index in [1.165, 1.54) is 6.07 Å². The Hall–Kier alpha value is -2.41. The van der Waals surface area contributed by atoms with Crippen molar-refractivity contribution in [3.05, 3.63) is 52.2 Å². The molecular weight excluding hydrogens is 401 g/mol. The molecule has 0 spiro atoms. The zero-order valence-corrected chi connectivity index (χ0v) is 16.1.